The van der Waals surface area contributed by atoms with E-state index in [2.05, 4.69) is 5.32 Å². The summed E-state index contributed by atoms with van der Waals surface area (Å²) in [5.41, 5.74) is 2.42. The largest absolute Gasteiger partial charge is 0.465 e. The van der Waals surface area contributed by atoms with Crippen molar-refractivity contribution in [3.05, 3.63) is 107 Å². The van der Waals surface area contributed by atoms with Crippen LogP contribution in [-0.4, -0.2) is 35.5 Å². The number of carbonyl (C=O) groups excluding carboxylic acids is 4. The van der Waals surface area contributed by atoms with Crippen molar-refractivity contribution in [3.63, 3.8) is 0 Å². The van der Waals surface area contributed by atoms with Crippen LogP contribution in [0.25, 0.3) is 17.0 Å². The molecular formula is C28H20FN3O5. The van der Waals surface area contributed by atoms with Crippen LogP contribution in [0.2, 0.25) is 0 Å². The summed E-state index contributed by atoms with van der Waals surface area (Å²) in [6.45, 7) is 0.405. The summed E-state index contributed by atoms with van der Waals surface area (Å²) in [5, 5.41) is 2.92. The van der Waals surface area contributed by atoms with E-state index in [0.717, 1.165) is 27.4 Å². The van der Waals surface area contributed by atoms with Crippen molar-refractivity contribution in [2.45, 2.75) is 6.54 Å². The van der Waals surface area contributed by atoms with Crippen molar-refractivity contribution in [2.24, 2.45) is 0 Å². The molecule has 184 valence electrons. The third-order valence-electron chi connectivity index (χ3n) is 5.99. The lowest BCUT2D eigenvalue weighted by Crippen LogP contribution is -2.54. The molecule has 2 heterocycles. The Kier molecular flexibility index (Phi) is 6.10. The van der Waals surface area contributed by atoms with Gasteiger partial charge in [-0.1, -0.05) is 36.4 Å². The lowest BCUT2D eigenvalue weighted by Gasteiger charge is -2.26. The fourth-order valence-electron chi connectivity index (χ4n) is 4.29. The van der Waals surface area contributed by atoms with E-state index in [9.17, 15) is 23.6 Å². The molecule has 9 heteroatoms. The Bertz CT molecular complexity index is 1620. The summed E-state index contributed by atoms with van der Waals surface area (Å²) in [5.74, 6) is -2.77. The average Bonchev–Trinajstić information content (AvgIpc) is 3.23. The van der Waals surface area contributed by atoms with E-state index in [1.807, 2.05) is 34.9 Å². The number of fused-ring (bicyclic) bond motifs is 1. The first kappa shape index (κ1) is 23.7. The predicted octanol–water partition coefficient (Wildman–Crippen LogP) is 4.28. The molecule has 5 rings (SSSR count). The van der Waals surface area contributed by atoms with Gasteiger partial charge in [0.05, 0.1) is 18.4 Å². The number of esters is 1. The number of amides is 4. The number of rotatable bonds is 5. The van der Waals surface area contributed by atoms with Gasteiger partial charge in [-0.25, -0.2) is 18.9 Å². The normalized spacial score (nSPS) is 14.8. The minimum atomic E-state index is -0.953. The van der Waals surface area contributed by atoms with Gasteiger partial charge in [0.1, 0.15) is 11.4 Å². The summed E-state index contributed by atoms with van der Waals surface area (Å²) in [6, 6.07) is 18.5. The highest BCUT2D eigenvalue weighted by Gasteiger charge is 2.37. The minimum Gasteiger partial charge on any atom is -0.465 e. The van der Waals surface area contributed by atoms with E-state index in [1.165, 1.54) is 31.4 Å². The molecule has 4 aromatic rings. The zero-order valence-electron chi connectivity index (χ0n) is 19.6. The van der Waals surface area contributed by atoms with Crippen molar-refractivity contribution < 1.29 is 28.3 Å². The molecule has 37 heavy (non-hydrogen) atoms. The molecule has 4 amide bonds. The minimum absolute atomic E-state index is 0.00816. The summed E-state index contributed by atoms with van der Waals surface area (Å²) in [7, 11) is 1.32. The topological polar surface area (TPSA) is 97.7 Å². The number of imide groups is 2. The Hall–Kier alpha value is -5.05. The monoisotopic (exact) mass is 497 g/mol. The third kappa shape index (κ3) is 4.50. The number of ether oxygens (including phenoxy) is 1. The van der Waals surface area contributed by atoms with E-state index in [0.29, 0.717) is 17.7 Å². The number of nitrogens with one attached hydrogen (secondary N) is 1. The molecule has 1 aromatic heterocycles. The van der Waals surface area contributed by atoms with E-state index >= 15 is 0 Å². The molecule has 1 fully saturated rings. The average molecular weight is 497 g/mol. The zero-order chi connectivity index (χ0) is 26.1. The molecule has 0 unspecified atom stereocenters. The van der Waals surface area contributed by atoms with Gasteiger partial charge in [-0.05, 0) is 48.0 Å². The van der Waals surface area contributed by atoms with Crippen molar-refractivity contribution in [1.82, 2.24) is 9.88 Å². The summed E-state index contributed by atoms with van der Waals surface area (Å²) < 4.78 is 20.5. The number of benzene rings is 3. The number of anilines is 1. The van der Waals surface area contributed by atoms with Crippen LogP contribution in [0.5, 0.6) is 0 Å². The van der Waals surface area contributed by atoms with Gasteiger partial charge in [0, 0.05) is 29.2 Å². The van der Waals surface area contributed by atoms with Crippen molar-refractivity contribution in [3.8, 4) is 0 Å². The van der Waals surface area contributed by atoms with Crippen LogP contribution in [0, 0.1) is 5.82 Å². The lowest BCUT2D eigenvalue weighted by molar-refractivity contribution is -0.122. The predicted molar refractivity (Wildman–Crippen MR) is 134 cm³/mol. The Balaban J connectivity index is 1.55. The van der Waals surface area contributed by atoms with Crippen LogP contribution in [-0.2, 0) is 20.9 Å². The SMILES string of the molecule is COC(=O)c1cccc(Cn2cc(/C=C3\C(=O)NC(=O)N(c4cccc(F)c4)C3=O)c3ccccc32)c1. The highest BCUT2D eigenvalue weighted by atomic mass is 19.1. The molecule has 0 bridgehead atoms. The van der Waals surface area contributed by atoms with Crippen LogP contribution in [0.15, 0.2) is 84.6 Å². The highest BCUT2D eigenvalue weighted by molar-refractivity contribution is 6.39. The molecular weight excluding hydrogens is 477 g/mol. The zero-order valence-corrected chi connectivity index (χ0v) is 19.6. The van der Waals surface area contributed by atoms with Gasteiger partial charge in [0.15, 0.2) is 0 Å². The van der Waals surface area contributed by atoms with E-state index in [-0.39, 0.29) is 11.3 Å². The number of nitrogens with zero attached hydrogens (tertiary/aromatic N) is 2. The number of barbiturate groups is 1. The molecule has 1 saturated heterocycles. The molecule has 8 nitrogen and oxygen atoms in total. The second-order valence-electron chi connectivity index (χ2n) is 8.36. The molecule has 3 aromatic carbocycles. The highest BCUT2D eigenvalue weighted by Crippen LogP contribution is 2.27. The van der Waals surface area contributed by atoms with E-state index < -0.39 is 29.6 Å². The summed E-state index contributed by atoms with van der Waals surface area (Å²) in [4.78, 5) is 51.0. The number of hydrogen-bond acceptors (Lipinski definition) is 5. The molecule has 0 aliphatic carbocycles. The Labute approximate surface area is 210 Å². The maximum atomic E-state index is 13.8. The molecule has 1 aliphatic heterocycles. The number of hydrogen-bond donors (Lipinski definition) is 1. The number of methoxy groups -OCH3 is 1. The Morgan fingerprint density at radius 1 is 1.00 bits per heavy atom. The molecule has 0 saturated carbocycles. The quantitative estimate of drug-likeness (QED) is 0.252. The first-order valence-corrected chi connectivity index (χ1v) is 11.3. The lowest BCUT2D eigenvalue weighted by atomic mass is 10.1. The van der Waals surface area contributed by atoms with E-state index in [1.54, 1.807) is 24.4 Å². The Morgan fingerprint density at radius 3 is 2.57 bits per heavy atom. The van der Waals surface area contributed by atoms with Crippen LogP contribution in [0.4, 0.5) is 14.9 Å². The van der Waals surface area contributed by atoms with Gasteiger partial charge in [-0.15, -0.1) is 0 Å². The number of halogens is 1. The first-order valence-electron chi connectivity index (χ1n) is 11.3. The van der Waals surface area contributed by atoms with Crippen LogP contribution >= 0.6 is 0 Å². The van der Waals surface area contributed by atoms with Gasteiger partial charge in [-0.2, -0.15) is 0 Å². The number of aromatic nitrogens is 1. The Morgan fingerprint density at radius 2 is 1.78 bits per heavy atom. The maximum absolute atomic E-state index is 13.8. The van der Waals surface area contributed by atoms with Gasteiger partial charge in [0.2, 0.25) is 0 Å². The number of para-hydroxylation sites is 1. The number of urea groups is 1. The second kappa shape index (κ2) is 9.54. The van der Waals surface area contributed by atoms with E-state index in [4.69, 9.17) is 4.74 Å². The molecule has 0 spiro atoms. The molecule has 1 N–H and O–H groups in total. The standard InChI is InChI=1S/C28H20FN3O5/c1-37-27(35)18-7-4-6-17(12-18)15-31-16-19(22-10-2-3-11-24(22)31)13-23-25(33)30-28(36)32(26(23)34)21-9-5-8-20(29)14-21/h2-14,16H,15H2,1H3,(H,30,33,36)/b23-13+. The van der Waals surface area contributed by atoms with Gasteiger partial charge in [0.25, 0.3) is 11.8 Å². The van der Waals surface area contributed by atoms with Crippen LogP contribution in [0.3, 0.4) is 0 Å². The third-order valence-corrected chi connectivity index (χ3v) is 5.99. The summed E-state index contributed by atoms with van der Waals surface area (Å²) >= 11 is 0. The summed E-state index contributed by atoms with van der Waals surface area (Å²) in [6.07, 6.45) is 3.20. The molecule has 0 atom stereocenters. The fraction of sp³-hybridized carbons (Fsp3) is 0.0714. The second-order valence-corrected chi connectivity index (χ2v) is 8.36. The van der Waals surface area contributed by atoms with Gasteiger partial charge < -0.3 is 9.30 Å². The molecule has 0 radical (unpaired) electrons. The number of carbonyl (C=O) groups is 4. The molecule has 1 aliphatic rings. The van der Waals surface area contributed by atoms with Gasteiger partial charge in [-0.3, -0.25) is 14.9 Å². The smallest absolute Gasteiger partial charge is 0.337 e. The van der Waals surface area contributed by atoms with Crippen LogP contribution < -0.4 is 10.2 Å². The van der Waals surface area contributed by atoms with Crippen molar-refractivity contribution in [1.29, 1.82) is 0 Å². The fourth-order valence-corrected chi connectivity index (χ4v) is 4.29. The van der Waals surface area contributed by atoms with Crippen molar-refractivity contribution in [2.75, 3.05) is 12.0 Å². The van der Waals surface area contributed by atoms with Gasteiger partial charge >= 0.3 is 12.0 Å². The maximum Gasteiger partial charge on any atom is 0.337 e. The first-order chi connectivity index (χ1) is 17.9. The van der Waals surface area contributed by atoms with Crippen molar-refractivity contribution >= 4 is 46.5 Å². The van der Waals surface area contributed by atoms with Crippen LogP contribution in [0.1, 0.15) is 21.5 Å².